The van der Waals surface area contributed by atoms with Gasteiger partial charge >= 0.3 is 0 Å². The lowest BCUT2D eigenvalue weighted by atomic mass is 10.6. The van der Waals surface area contributed by atoms with Crippen LogP contribution in [0.5, 0.6) is 0 Å². The lowest BCUT2D eigenvalue weighted by Gasteiger charge is -1.86. The summed E-state index contributed by atoms with van der Waals surface area (Å²) in [6.07, 6.45) is 0.243. The maximum absolute atomic E-state index is 9.78. The van der Waals surface area contributed by atoms with Gasteiger partial charge in [0.1, 0.15) is 0 Å². The van der Waals surface area contributed by atoms with Crippen molar-refractivity contribution in [3.05, 3.63) is 0 Å². The van der Waals surface area contributed by atoms with Gasteiger partial charge in [0.25, 0.3) is 10.1 Å². The van der Waals surface area contributed by atoms with E-state index in [1.807, 2.05) is 0 Å². The molecule has 0 bridgehead atoms. The predicted octanol–water partition coefficient (Wildman–Crippen LogP) is 0.376. The van der Waals surface area contributed by atoms with Crippen molar-refractivity contribution >= 4 is 21.7 Å². The highest BCUT2D eigenvalue weighted by Crippen LogP contribution is 1.90. The molecule has 0 aliphatic heterocycles. The molecule has 0 saturated heterocycles. The first kappa shape index (κ1) is 8.20. The van der Waals surface area contributed by atoms with Gasteiger partial charge in [-0.15, -0.1) is 11.6 Å². The SMILES string of the molecule is [O]S(=O)(=O)CCCCl. The van der Waals surface area contributed by atoms with E-state index in [0.29, 0.717) is 0 Å². The molecule has 0 N–H and O–H groups in total. The Bertz CT molecular complexity index is 139. The van der Waals surface area contributed by atoms with Gasteiger partial charge in [-0.05, 0) is 6.42 Å². The van der Waals surface area contributed by atoms with E-state index in [-0.39, 0.29) is 18.1 Å². The summed E-state index contributed by atoms with van der Waals surface area (Å²) >= 11 is 5.10. The standard InChI is InChI=1S/C3H6ClO3S/c4-2-1-3-8(5,6)7/h1-3H2. The van der Waals surface area contributed by atoms with Crippen molar-refractivity contribution in [1.82, 2.24) is 0 Å². The van der Waals surface area contributed by atoms with Gasteiger partial charge in [0, 0.05) is 5.88 Å². The van der Waals surface area contributed by atoms with Crippen LogP contribution in [0.15, 0.2) is 0 Å². The highest BCUT2D eigenvalue weighted by molar-refractivity contribution is 7.85. The molecule has 0 aromatic heterocycles. The third-order valence-corrected chi connectivity index (χ3v) is 1.58. The molecule has 0 unspecified atom stereocenters. The van der Waals surface area contributed by atoms with Crippen molar-refractivity contribution in [2.45, 2.75) is 6.42 Å². The Balaban J connectivity index is 3.42. The third kappa shape index (κ3) is 6.20. The first-order valence-electron chi connectivity index (χ1n) is 2.06. The molecule has 1 radical (unpaired) electrons. The van der Waals surface area contributed by atoms with E-state index in [0.717, 1.165) is 0 Å². The van der Waals surface area contributed by atoms with Crippen molar-refractivity contribution in [2.75, 3.05) is 11.6 Å². The van der Waals surface area contributed by atoms with Crippen LogP contribution < -0.4 is 0 Å². The summed E-state index contributed by atoms with van der Waals surface area (Å²) in [7, 11) is -4.02. The lowest BCUT2D eigenvalue weighted by Crippen LogP contribution is -2.01. The summed E-state index contributed by atoms with van der Waals surface area (Å²) in [5, 5.41) is 0. The van der Waals surface area contributed by atoms with Crippen molar-refractivity contribution in [3.63, 3.8) is 0 Å². The smallest absolute Gasteiger partial charge is 0.197 e. The molecule has 0 aliphatic rings. The Kier molecular flexibility index (Phi) is 3.35. The Morgan fingerprint density at radius 1 is 1.38 bits per heavy atom. The maximum atomic E-state index is 9.78. The summed E-state index contributed by atoms with van der Waals surface area (Å²) in [5.74, 6) is -0.127. The highest BCUT2D eigenvalue weighted by Gasteiger charge is 2.03. The highest BCUT2D eigenvalue weighted by atomic mass is 35.5. The van der Waals surface area contributed by atoms with Crippen LogP contribution in [0.1, 0.15) is 6.42 Å². The fourth-order valence-corrected chi connectivity index (χ4v) is 1.02. The Hall–Kier alpha value is 0.200. The molecule has 5 heteroatoms. The van der Waals surface area contributed by atoms with E-state index in [9.17, 15) is 13.0 Å². The molecule has 3 nitrogen and oxygen atoms in total. The number of halogens is 1. The molecule has 0 aromatic rings. The van der Waals surface area contributed by atoms with Gasteiger partial charge in [-0.1, -0.05) is 4.55 Å². The van der Waals surface area contributed by atoms with Crippen molar-refractivity contribution < 1.29 is 13.0 Å². The van der Waals surface area contributed by atoms with Gasteiger partial charge in [0.05, 0.1) is 5.75 Å². The monoisotopic (exact) mass is 157 g/mol. The molecule has 49 valence electrons. The van der Waals surface area contributed by atoms with Crippen LogP contribution >= 0.6 is 11.6 Å². The van der Waals surface area contributed by atoms with Crippen LogP contribution in [0.4, 0.5) is 0 Å². The first-order valence-corrected chi connectivity index (χ1v) is 4.17. The zero-order valence-corrected chi connectivity index (χ0v) is 5.70. The second-order valence-corrected chi connectivity index (χ2v) is 3.21. The topological polar surface area (TPSA) is 54.0 Å². The van der Waals surface area contributed by atoms with Crippen LogP contribution in [-0.2, 0) is 14.7 Å². The van der Waals surface area contributed by atoms with Gasteiger partial charge in [0.15, 0.2) is 0 Å². The minimum atomic E-state index is -4.02. The van der Waals surface area contributed by atoms with Crippen molar-refractivity contribution in [1.29, 1.82) is 0 Å². The number of rotatable bonds is 3. The first-order chi connectivity index (χ1) is 3.56. The average molecular weight is 158 g/mol. The summed E-state index contributed by atoms with van der Waals surface area (Å²) in [6, 6.07) is 0. The van der Waals surface area contributed by atoms with E-state index < -0.39 is 10.1 Å². The summed E-state index contributed by atoms with van der Waals surface area (Å²) in [5.41, 5.74) is 0. The van der Waals surface area contributed by atoms with Crippen molar-refractivity contribution in [3.8, 4) is 0 Å². The predicted molar refractivity (Wildman–Crippen MR) is 29.8 cm³/mol. The molecule has 0 saturated carbocycles. The quantitative estimate of drug-likeness (QED) is 0.556. The number of hydrogen-bond acceptors (Lipinski definition) is 2. The van der Waals surface area contributed by atoms with E-state index in [1.165, 1.54) is 0 Å². The molecule has 0 aromatic carbocycles. The zero-order valence-electron chi connectivity index (χ0n) is 4.13. The van der Waals surface area contributed by atoms with Crippen LogP contribution in [0.25, 0.3) is 0 Å². The van der Waals surface area contributed by atoms with E-state index in [4.69, 9.17) is 11.6 Å². The maximum Gasteiger partial charge on any atom is 0.294 e. The summed E-state index contributed by atoms with van der Waals surface area (Å²) < 4.78 is 29.3. The largest absolute Gasteiger partial charge is 0.294 e. The minimum absolute atomic E-state index is 0.224. The third-order valence-electron chi connectivity index (χ3n) is 0.528. The van der Waals surface area contributed by atoms with E-state index in [2.05, 4.69) is 0 Å². The zero-order chi connectivity index (χ0) is 6.62. The lowest BCUT2D eigenvalue weighted by molar-refractivity contribution is 0.414. The van der Waals surface area contributed by atoms with Gasteiger partial charge in [-0.25, -0.2) is 0 Å². The van der Waals surface area contributed by atoms with Crippen LogP contribution in [-0.4, -0.2) is 20.1 Å². The number of hydrogen-bond donors (Lipinski definition) is 0. The second kappa shape index (κ2) is 3.27. The van der Waals surface area contributed by atoms with Gasteiger partial charge in [0.2, 0.25) is 0 Å². The molecular weight excluding hydrogens is 152 g/mol. The fourth-order valence-electron chi connectivity index (χ4n) is 0.231. The average Bonchev–Trinajstić information content (AvgIpc) is 1.59. The van der Waals surface area contributed by atoms with Gasteiger partial charge in [-0.3, -0.25) is 0 Å². The molecule has 0 spiro atoms. The van der Waals surface area contributed by atoms with Crippen LogP contribution in [0, 0.1) is 0 Å². The Morgan fingerprint density at radius 2 is 1.88 bits per heavy atom. The summed E-state index contributed by atoms with van der Waals surface area (Å²) in [6.45, 7) is 0. The normalized spacial score (nSPS) is 11.8. The Morgan fingerprint density at radius 3 is 2.00 bits per heavy atom. The molecule has 0 amide bonds. The molecule has 0 heterocycles. The molecule has 8 heavy (non-hydrogen) atoms. The van der Waals surface area contributed by atoms with E-state index >= 15 is 0 Å². The fraction of sp³-hybridized carbons (Fsp3) is 1.00. The minimum Gasteiger partial charge on any atom is -0.197 e. The van der Waals surface area contributed by atoms with Crippen LogP contribution in [0.3, 0.4) is 0 Å². The van der Waals surface area contributed by atoms with Crippen LogP contribution in [0.2, 0.25) is 0 Å². The van der Waals surface area contributed by atoms with Gasteiger partial charge < -0.3 is 0 Å². The molecular formula is C3H6ClO3S. The number of alkyl halides is 1. The van der Waals surface area contributed by atoms with E-state index in [1.54, 1.807) is 0 Å². The molecule has 0 aliphatic carbocycles. The second-order valence-electron chi connectivity index (χ2n) is 1.30. The Labute approximate surface area is 53.4 Å². The van der Waals surface area contributed by atoms with Gasteiger partial charge in [-0.2, -0.15) is 8.42 Å². The molecule has 0 fully saturated rings. The van der Waals surface area contributed by atoms with Crippen molar-refractivity contribution in [2.24, 2.45) is 0 Å². The summed E-state index contributed by atoms with van der Waals surface area (Å²) in [4.78, 5) is 0. The molecule has 0 rings (SSSR count). The molecule has 0 atom stereocenters.